The Morgan fingerprint density at radius 3 is 2.87 bits per heavy atom. The summed E-state index contributed by atoms with van der Waals surface area (Å²) in [5, 5.41) is 9.99. The first-order chi connectivity index (χ1) is 7.06. The lowest BCUT2D eigenvalue weighted by Crippen LogP contribution is -2.27. The van der Waals surface area contributed by atoms with Crippen molar-refractivity contribution < 1.29 is 14.7 Å². The van der Waals surface area contributed by atoms with Gasteiger partial charge in [-0.2, -0.15) is 0 Å². The van der Waals surface area contributed by atoms with Crippen LogP contribution in [0, 0.1) is 0 Å². The van der Waals surface area contributed by atoms with Gasteiger partial charge in [-0.25, -0.2) is 9.78 Å². The number of nitrogens with zero attached hydrogens (tertiary/aromatic N) is 2. The molecule has 0 saturated heterocycles. The molecule has 0 spiro atoms. The molecule has 5 nitrogen and oxygen atoms in total. The van der Waals surface area contributed by atoms with Crippen molar-refractivity contribution in [2.24, 2.45) is 0 Å². The zero-order chi connectivity index (χ0) is 11.4. The maximum absolute atomic E-state index is 11.6. The molecule has 0 fully saturated rings. The minimum absolute atomic E-state index is 0.0784. The summed E-state index contributed by atoms with van der Waals surface area (Å²) in [6.07, 6.45) is 1.59. The van der Waals surface area contributed by atoms with Crippen LogP contribution < -0.4 is 0 Å². The number of hydrogen-bond donors (Lipinski definition) is 1. The van der Waals surface area contributed by atoms with Crippen LogP contribution in [0.5, 0.6) is 0 Å². The zero-order valence-corrected chi connectivity index (χ0v) is 8.95. The summed E-state index contributed by atoms with van der Waals surface area (Å²) in [5.41, 5.74) is 0.154. The maximum atomic E-state index is 11.6. The number of carboxylic acid groups (broad SMARTS) is 1. The number of likely N-dealkylation sites (N-methyl/N-ethyl adjacent to an activating group) is 1. The highest BCUT2D eigenvalue weighted by Crippen LogP contribution is 2.11. The van der Waals surface area contributed by atoms with Crippen molar-refractivity contribution in [2.45, 2.75) is 0 Å². The quantitative estimate of drug-likeness (QED) is 0.780. The SMILES string of the molecule is C=CCN(C)C(=O)c1csc(C(=O)O)n1. The van der Waals surface area contributed by atoms with Gasteiger partial charge in [0.1, 0.15) is 5.69 Å². The first-order valence-electron chi connectivity index (χ1n) is 4.11. The van der Waals surface area contributed by atoms with Crippen molar-refractivity contribution in [3.63, 3.8) is 0 Å². The molecule has 1 N–H and O–H groups in total. The Morgan fingerprint density at radius 2 is 2.40 bits per heavy atom. The van der Waals surface area contributed by atoms with E-state index in [4.69, 9.17) is 5.11 Å². The normalized spacial score (nSPS) is 9.67. The Labute approximate surface area is 90.7 Å². The summed E-state index contributed by atoms with van der Waals surface area (Å²) in [7, 11) is 1.60. The first-order valence-corrected chi connectivity index (χ1v) is 4.99. The summed E-state index contributed by atoms with van der Waals surface area (Å²) in [6.45, 7) is 3.91. The number of thiazole rings is 1. The van der Waals surface area contributed by atoms with Gasteiger partial charge in [0.05, 0.1) is 0 Å². The number of amides is 1. The lowest BCUT2D eigenvalue weighted by atomic mass is 10.4. The second-order valence-electron chi connectivity index (χ2n) is 2.82. The van der Waals surface area contributed by atoms with Gasteiger partial charge in [0.15, 0.2) is 0 Å². The van der Waals surface area contributed by atoms with Gasteiger partial charge in [0.25, 0.3) is 5.91 Å². The minimum atomic E-state index is -1.12. The fraction of sp³-hybridized carbons (Fsp3) is 0.222. The molecule has 0 atom stereocenters. The Balaban J connectivity index is 2.82. The molecule has 6 heteroatoms. The lowest BCUT2D eigenvalue weighted by molar-refractivity contribution is 0.0696. The predicted octanol–water partition coefficient (Wildman–Crippen LogP) is 1.10. The summed E-state index contributed by atoms with van der Waals surface area (Å²) in [5.74, 6) is -1.43. The van der Waals surface area contributed by atoms with Crippen molar-refractivity contribution in [3.05, 3.63) is 28.7 Å². The van der Waals surface area contributed by atoms with Gasteiger partial charge >= 0.3 is 5.97 Å². The number of aromatic carboxylic acids is 1. The molecule has 0 aliphatic rings. The molecule has 0 bridgehead atoms. The summed E-state index contributed by atoms with van der Waals surface area (Å²) in [4.78, 5) is 27.3. The molecule has 15 heavy (non-hydrogen) atoms. The average Bonchev–Trinajstić information content (AvgIpc) is 2.65. The van der Waals surface area contributed by atoms with Crippen LogP contribution in [0.3, 0.4) is 0 Å². The highest BCUT2D eigenvalue weighted by molar-refractivity contribution is 7.11. The van der Waals surface area contributed by atoms with Crippen molar-refractivity contribution in [1.29, 1.82) is 0 Å². The van der Waals surface area contributed by atoms with Crippen LogP contribution >= 0.6 is 11.3 Å². The molecule has 1 amide bonds. The average molecular weight is 226 g/mol. The molecule has 1 aromatic rings. The van der Waals surface area contributed by atoms with Gasteiger partial charge in [-0.05, 0) is 0 Å². The third-order valence-corrected chi connectivity index (χ3v) is 2.49. The largest absolute Gasteiger partial charge is 0.476 e. The number of carbonyl (C=O) groups excluding carboxylic acids is 1. The second kappa shape index (κ2) is 4.70. The van der Waals surface area contributed by atoms with E-state index in [0.717, 1.165) is 11.3 Å². The molecule has 0 saturated carbocycles. The molecule has 0 radical (unpaired) electrons. The molecule has 1 heterocycles. The highest BCUT2D eigenvalue weighted by atomic mass is 32.1. The topological polar surface area (TPSA) is 70.5 Å². The van der Waals surface area contributed by atoms with Crippen LogP contribution in [-0.2, 0) is 0 Å². The van der Waals surface area contributed by atoms with E-state index in [1.807, 2.05) is 0 Å². The summed E-state index contributed by atoms with van der Waals surface area (Å²) >= 11 is 0.937. The van der Waals surface area contributed by atoms with Gasteiger partial charge in [-0.15, -0.1) is 17.9 Å². The summed E-state index contributed by atoms with van der Waals surface area (Å²) in [6, 6.07) is 0. The van der Waals surface area contributed by atoms with Gasteiger partial charge in [-0.3, -0.25) is 4.79 Å². The van der Waals surface area contributed by atoms with E-state index in [1.165, 1.54) is 10.3 Å². The number of hydrogen-bond acceptors (Lipinski definition) is 4. The predicted molar refractivity (Wildman–Crippen MR) is 56.2 cm³/mol. The Kier molecular flexibility index (Phi) is 3.56. The Hall–Kier alpha value is -1.69. The van der Waals surface area contributed by atoms with Gasteiger partial charge in [-0.1, -0.05) is 6.08 Å². The van der Waals surface area contributed by atoms with Gasteiger partial charge in [0.2, 0.25) is 5.01 Å². The molecule has 0 aromatic carbocycles. The lowest BCUT2D eigenvalue weighted by Gasteiger charge is -2.12. The Bertz CT molecular complexity index is 400. The smallest absolute Gasteiger partial charge is 0.365 e. The zero-order valence-electron chi connectivity index (χ0n) is 8.14. The Morgan fingerprint density at radius 1 is 1.73 bits per heavy atom. The van der Waals surface area contributed by atoms with Crippen molar-refractivity contribution >= 4 is 23.2 Å². The fourth-order valence-electron chi connectivity index (χ4n) is 0.942. The summed E-state index contributed by atoms with van der Waals surface area (Å²) < 4.78 is 0. The van der Waals surface area contributed by atoms with Crippen LogP contribution in [0.2, 0.25) is 0 Å². The van der Waals surface area contributed by atoms with Crippen molar-refractivity contribution in [2.75, 3.05) is 13.6 Å². The molecule has 0 aliphatic carbocycles. The van der Waals surface area contributed by atoms with E-state index in [2.05, 4.69) is 11.6 Å². The third-order valence-electron chi connectivity index (χ3n) is 1.66. The molecule has 1 rings (SSSR count). The van der Waals surface area contributed by atoms with Gasteiger partial charge in [0, 0.05) is 19.0 Å². The van der Waals surface area contributed by atoms with Crippen LogP contribution in [-0.4, -0.2) is 40.5 Å². The number of rotatable bonds is 4. The monoisotopic (exact) mass is 226 g/mol. The first kappa shape index (κ1) is 11.4. The van der Waals surface area contributed by atoms with E-state index in [0.29, 0.717) is 6.54 Å². The van der Waals surface area contributed by atoms with E-state index in [1.54, 1.807) is 13.1 Å². The molecular weight excluding hydrogens is 216 g/mol. The van der Waals surface area contributed by atoms with Crippen molar-refractivity contribution in [1.82, 2.24) is 9.88 Å². The minimum Gasteiger partial charge on any atom is -0.476 e. The third kappa shape index (κ3) is 2.63. The fourth-order valence-corrected chi connectivity index (χ4v) is 1.57. The van der Waals surface area contributed by atoms with Crippen LogP contribution in [0.1, 0.15) is 20.3 Å². The van der Waals surface area contributed by atoms with E-state index < -0.39 is 5.97 Å². The molecule has 0 aliphatic heterocycles. The van der Waals surface area contributed by atoms with Crippen LogP contribution in [0.4, 0.5) is 0 Å². The number of carboxylic acids is 1. The molecule has 1 aromatic heterocycles. The van der Waals surface area contributed by atoms with Crippen LogP contribution in [0.15, 0.2) is 18.0 Å². The number of carbonyl (C=O) groups is 2. The standard InChI is InChI=1S/C9H10N2O3S/c1-3-4-11(2)8(12)6-5-15-7(10-6)9(13)14/h3,5H,1,4H2,2H3,(H,13,14). The number of aromatic nitrogens is 1. The van der Waals surface area contributed by atoms with E-state index in [-0.39, 0.29) is 16.6 Å². The highest BCUT2D eigenvalue weighted by Gasteiger charge is 2.16. The van der Waals surface area contributed by atoms with E-state index in [9.17, 15) is 9.59 Å². The van der Waals surface area contributed by atoms with Crippen LogP contribution in [0.25, 0.3) is 0 Å². The molecule has 80 valence electrons. The van der Waals surface area contributed by atoms with Crippen molar-refractivity contribution in [3.8, 4) is 0 Å². The maximum Gasteiger partial charge on any atom is 0.365 e. The second-order valence-corrected chi connectivity index (χ2v) is 3.68. The molecular formula is C9H10N2O3S. The molecule has 0 unspecified atom stereocenters. The van der Waals surface area contributed by atoms with Gasteiger partial charge < -0.3 is 10.0 Å². The van der Waals surface area contributed by atoms with E-state index >= 15 is 0 Å².